The van der Waals surface area contributed by atoms with E-state index < -0.39 is 0 Å². The normalized spacial score (nSPS) is 24.2. The number of anilines is 1. The molecule has 1 aromatic rings. The average molecular weight is 328 g/mol. The van der Waals surface area contributed by atoms with Gasteiger partial charge in [0.05, 0.1) is 9.40 Å². The number of piperidine rings is 1. The van der Waals surface area contributed by atoms with E-state index in [0.29, 0.717) is 16.6 Å². The average Bonchev–Trinajstić information content (AvgIpc) is 2.33. The minimum absolute atomic E-state index is 0.0993. The van der Waals surface area contributed by atoms with Crippen molar-refractivity contribution in [3.8, 4) is 0 Å². The number of likely N-dealkylation sites (tertiary alicyclic amines) is 1. The molecule has 1 aliphatic rings. The van der Waals surface area contributed by atoms with Gasteiger partial charge < -0.3 is 10.2 Å². The standard InChI is InChI=1S/C13H18BrN3O2/c1-9-7-11(5-6-16(9)2)15-10-3-4-13(17(18)19)12(14)8-10/h3-4,8-9,11,15H,5-7H2,1-2H3. The van der Waals surface area contributed by atoms with Crippen LogP contribution in [-0.4, -0.2) is 35.5 Å². The van der Waals surface area contributed by atoms with Crippen molar-refractivity contribution in [2.45, 2.75) is 31.8 Å². The lowest BCUT2D eigenvalue weighted by molar-refractivity contribution is -0.385. The zero-order chi connectivity index (χ0) is 14.0. The Bertz CT molecular complexity index is 481. The fourth-order valence-electron chi connectivity index (χ4n) is 2.40. The molecule has 2 rings (SSSR count). The van der Waals surface area contributed by atoms with Gasteiger partial charge in [0.25, 0.3) is 5.69 Å². The zero-order valence-corrected chi connectivity index (χ0v) is 12.7. The van der Waals surface area contributed by atoms with Crippen molar-refractivity contribution in [2.24, 2.45) is 0 Å². The smallest absolute Gasteiger partial charge is 0.283 e. The number of nitrogens with one attached hydrogen (secondary N) is 1. The van der Waals surface area contributed by atoms with E-state index in [2.05, 4.69) is 40.1 Å². The first-order valence-electron chi connectivity index (χ1n) is 6.38. The van der Waals surface area contributed by atoms with Crippen molar-refractivity contribution in [1.29, 1.82) is 0 Å². The molecule has 104 valence electrons. The molecule has 1 saturated heterocycles. The van der Waals surface area contributed by atoms with E-state index in [1.54, 1.807) is 12.1 Å². The molecule has 2 unspecified atom stereocenters. The highest BCUT2D eigenvalue weighted by Crippen LogP contribution is 2.29. The molecule has 0 radical (unpaired) electrons. The topological polar surface area (TPSA) is 58.4 Å². The van der Waals surface area contributed by atoms with E-state index >= 15 is 0 Å². The van der Waals surface area contributed by atoms with Crippen LogP contribution in [0, 0.1) is 10.1 Å². The molecule has 0 bridgehead atoms. The Labute approximate surface area is 121 Å². The summed E-state index contributed by atoms with van der Waals surface area (Å²) in [5, 5.41) is 14.2. The maximum Gasteiger partial charge on any atom is 0.283 e. The monoisotopic (exact) mass is 327 g/mol. The van der Waals surface area contributed by atoms with Crippen LogP contribution in [-0.2, 0) is 0 Å². The Hall–Kier alpha value is -1.14. The fourth-order valence-corrected chi connectivity index (χ4v) is 2.92. The number of nitro groups is 1. The quantitative estimate of drug-likeness (QED) is 0.683. The van der Waals surface area contributed by atoms with Gasteiger partial charge in [0.15, 0.2) is 0 Å². The van der Waals surface area contributed by atoms with Crippen LogP contribution in [0.2, 0.25) is 0 Å². The molecule has 0 saturated carbocycles. The summed E-state index contributed by atoms with van der Waals surface area (Å²) >= 11 is 3.24. The van der Waals surface area contributed by atoms with Gasteiger partial charge in [-0.15, -0.1) is 0 Å². The van der Waals surface area contributed by atoms with Crippen LogP contribution in [0.3, 0.4) is 0 Å². The largest absolute Gasteiger partial charge is 0.382 e. The summed E-state index contributed by atoms with van der Waals surface area (Å²) < 4.78 is 0.517. The molecule has 6 heteroatoms. The number of hydrogen-bond donors (Lipinski definition) is 1. The van der Waals surface area contributed by atoms with Crippen molar-refractivity contribution in [3.63, 3.8) is 0 Å². The summed E-state index contributed by atoms with van der Waals surface area (Å²) in [4.78, 5) is 12.7. The van der Waals surface area contributed by atoms with E-state index in [9.17, 15) is 10.1 Å². The maximum absolute atomic E-state index is 10.8. The van der Waals surface area contributed by atoms with Crippen LogP contribution < -0.4 is 5.32 Å². The molecule has 1 heterocycles. The van der Waals surface area contributed by atoms with Crippen LogP contribution in [0.25, 0.3) is 0 Å². The van der Waals surface area contributed by atoms with Crippen molar-refractivity contribution in [3.05, 3.63) is 32.8 Å². The Kier molecular flexibility index (Phi) is 4.42. The summed E-state index contributed by atoms with van der Waals surface area (Å²) in [6.07, 6.45) is 2.18. The second-order valence-corrected chi connectivity index (χ2v) is 5.97. The van der Waals surface area contributed by atoms with Crippen LogP contribution in [0.1, 0.15) is 19.8 Å². The third kappa shape index (κ3) is 3.45. The molecule has 5 nitrogen and oxygen atoms in total. The Balaban J connectivity index is 2.04. The summed E-state index contributed by atoms with van der Waals surface area (Å²) in [5.41, 5.74) is 1.03. The molecule has 1 fully saturated rings. The first-order valence-corrected chi connectivity index (χ1v) is 7.17. The summed E-state index contributed by atoms with van der Waals surface area (Å²) in [5.74, 6) is 0. The molecule has 1 N–H and O–H groups in total. The number of halogens is 1. The van der Waals surface area contributed by atoms with Gasteiger partial charge in [-0.2, -0.15) is 0 Å². The predicted octanol–water partition coefficient (Wildman–Crippen LogP) is 3.25. The van der Waals surface area contributed by atoms with E-state index in [0.717, 1.165) is 25.1 Å². The lowest BCUT2D eigenvalue weighted by Gasteiger charge is -2.35. The second-order valence-electron chi connectivity index (χ2n) is 5.12. The Morgan fingerprint density at radius 1 is 1.53 bits per heavy atom. The maximum atomic E-state index is 10.8. The second kappa shape index (κ2) is 5.88. The minimum atomic E-state index is -0.383. The summed E-state index contributed by atoms with van der Waals surface area (Å²) in [7, 11) is 2.14. The molecular weight excluding hydrogens is 310 g/mol. The molecule has 1 aliphatic heterocycles. The van der Waals surface area contributed by atoms with Gasteiger partial charge in [-0.25, -0.2) is 0 Å². The molecule has 0 aromatic heterocycles. The molecule has 0 spiro atoms. The van der Waals surface area contributed by atoms with Gasteiger partial charge in [0.1, 0.15) is 0 Å². The number of rotatable bonds is 3. The first kappa shape index (κ1) is 14.3. The van der Waals surface area contributed by atoms with Gasteiger partial charge in [0, 0.05) is 30.4 Å². The molecule has 0 aliphatic carbocycles. The number of benzene rings is 1. The van der Waals surface area contributed by atoms with Crippen LogP contribution in [0.15, 0.2) is 22.7 Å². The summed E-state index contributed by atoms with van der Waals surface area (Å²) in [6, 6.07) is 6.07. The van der Waals surface area contributed by atoms with Gasteiger partial charge >= 0.3 is 0 Å². The van der Waals surface area contributed by atoms with E-state index in [4.69, 9.17) is 0 Å². The first-order chi connectivity index (χ1) is 8.97. The van der Waals surface area contributed by atoms with Crippen LogP contribution in [0.4, 0.5) is 11.4 Å². The van der Waals surface area contributed by atoms with E-state index in [-0.39, 0.29) is 10.6 Å². The highest BCUT2D eigenvalue weighted by atomic mass is 79.9. The van der Waals surface area contributed by atoms with Gasteiger partial charge in [-0.05, 0) is 54.9 Å². The molecule has 19 heavy (non-hydrogen) atoms. The lowest BCUT2D eigenvalue weighted by atomic mass is 9.98. The Morgan fingerprint density at radius 3 is 2.84 bits per heavy atom. The molecule has 2 atom stereocenters. The fraction of sp³-hybridized carbons (Fsp3) is 0.538. The van der Waals surface area contributed by atoms with Crippen molar-refractivity contribution in [1.82, 2.24) is 4.90 Å². The lowest BCUT2D eigenvalue weighted by Crippen LogP contribution is -2.42. The number of nitro benzene ring substituents is 1. The zero-order valence-electron chi connectivity index (χ0n) is 11.1. The predicted molar refractivity (Wildman–Crippen MR) is 79.5 cm³/mol. The third-order valence-corrected chi connectivity index (χ3v) is 4.36. The van der Waals surface area contributed by atoms with Crippen molar-refractivity contribution >= 4 is 27.3 Å². The highest BCUT2D eigenvalue weighted by Gasteiger charge is 2.23. The highest BCUT2D eigenvalue weighted by molar-refractivity contribution is 9.10. The van der Waals surface area contributed by atoms with Crippen molar-refractivity contribution in [2.75, 3.05) is 18.9 Å². The van der Waals surface area contributed by atoms with E-state index in [1.807, 2.05) is 0 Å². The van der Waals surface area contributed by atoms with Crippen molar-refractivity contribution < 1.29 is 4.92 Å². The van der Waals surface area contributed by atoms with Gasteiger partial charge in [-0.1, -0.05) is 0 Å². The summed E-state index contributed by atoms with van der Waals surface area (Å²) in [6.45, 7) is 3.30. The van der Waals surface area contributed by atoms with Crippen LogP contribution in [0.5, 0.6) is 0 Å². The van der Waals surface area contributed by atoms with Crippen LogP contribution >= 0.6 is 15.9 Å². The third-order valence-electron chi connectivity index (χ3n) is 3.72. The van der Waals surface area contributed by atoms with E-state index in [1.165, 1.54) is 6.07 Å². The molecule has 0 amide bonds. The van der Waals surface area contributed by atoms with Gasteiger partial charge in [0.2, 0.25) is 0 Å². The number of hydrogen-bond acceptors (Lipinski definition) is 4. The Morgan fingerprint density at radius 2 is 2.26 bits per heavy atom. The number of nitrogens with zero attached hydrogens (tertiary/aromatic N) is 2. The SMILES string of the molecule is CC1CC(Nc2ccc([N+](=O)[O-])c(Br)c2)CCN1C. The minimum Gasteiger partial charge on any atom is -0.382 e. The molecule has 1 aromatic carbocycles. The van der Waals surface area contributed by atoms with Gasteiger partial charge in [-0.3, -0.25) is 10.1 Å². The molecular formula is C13H18BrN3O2.